The van der Waals surface area contributed by atoms with Crippen LogP contribution >= 0.6 is 11.6 Å². The third-order valence-corrected chi connectivity index (χ3v) is 4.28. The predicted molar refractivity (Wildman–Crippen MR) is 94.6 cm³/mol. The molecule has 0 atom stereocenters. The van der Waals surface area contributed by atoms with Crippen molar-refractivity contribution in [2.75, 3.05) is 7.11 Å². The Bertz CT molecular complexity index is 941. The molecule has 0 saturated heterocycles. The molecule has 0 amide bonds. The minimum atomic E-state index is -5.74. The number of hydrogen-bond donors (Lipinski definition) is 0. The molecule has 0 fully saturated rings. The molecule has 0 unspecified atom stereocenters. The molecule has 27 heavy (non-hydrogen) atoms. The van der Waals surface area contributed by atoms with Crippen molar-refractivity contribution in [3.8, 4) is 5.75 Å². The van der Waals surface area contributed by atoms with Crippen LogP contribution in [0.2, 0.25) is 5.02 Å². The second-order valence-corrected chi connectivity index (χ2v) is 6.89. The summed E-state index contributed by atoms with van der Waals surface area (Å²) in [6.07, 6.45) is 1.09. The lowest BCUT2D eigenvalue weighted by Gasteiger charge is -2.10. The van der Waals surface area contributed by atoms with Crippen molar-refractivity contribution in [1.82, 2.24) is 0 Å². The normalized spacial score (nSPS) is 13.0. The Morgan fingerprint density at radius 1 is 1.04 bits per heavy atom. The molecule has 0 N–H and O–H groups in total. The maximum Gasteiger partial charge on any atom is 0.534 e. The third kappa shape index (κ3) is 5.44. The van der Waals surface area contributed by atoms with Crippen molar-refractivity contribution in [2.24, 2.45) is 10.2 Å². The number of nitrogens with zero attached hydrogens (tertiary/aromatic N) is 2. The van der Waals surface area contributed by atoms with Crippen LogP contribution in [0.1, 0.15) is 11.1 Å². The van der Waals surface area contributed by atoms with E-state index in [0.717, 1.165) is 18.5 Å². The Hall–Kier alpha value is -2.59. The SMILES string of the molecule is CO/C=N/N=C(\c1ccc(Cl)cc1)c1ccc(OS(=O)(=O)C(F)(F)F)cc1. The summed E-state index contributed by atoms with van der Waals surface area (Å²) in [5.41, 5.74) is -4.10. The van der Waals surface area contributed by atoms with Crippen LogP contribution in [0, 0.1) is 0 Å². The maximum atomic E-state index is 12.4. The molecule has 6 nitrogen and oxygen atoms in total. The number of alkyl halides is 3. The molecule has 0 aromatic heterocycles. The van der Waals surface area contributed by atoms with Crippen LogP contribution in [0.4, 0.5) is 13.2 Å². The van der Waals surface area contributed by atoms with E-state index in [4.69, 9.17) is 11.6 Å². The lowest BCUT2D eigenvalue weighted by atomic mass is 10.0. The first-order valence-corrected chi connectivity index (χ1v) is 8.92. The van der Waals surface area contributed by atoms with E-state index in [1.807, 2.05) is 0 Å². The molecule has 0 aliphatic heterocycles. The van der Waals surface area contributed by atoms with E-state index in [1.165, 1.54) is 19.2 Å². The van der Waals surface area contributed by atoms with Gasteiger partial charge < -0.3 is 8.92 Å². The Balaban J connectivity index is 2.36. The van der Waals surface area contributed by atoms with Gasteiger partial charge >= 0.3 is 15.6 Å². The monoisotopic (exact) mass is 420 g/mol. The van der Waals surface area contributed by atoms with Gasteiger partial charge in [-0.05, 0) is 36.4 Å². The summed E-state index contributed by atoms with van der Waals surface area (Å²) in [5.74, 6) is -0.494. The van der Waals surface area contributed by atoms with E-state index in [1.54, 1.807) is 24.3 Å². The zero-order chi connectivity index (χ0) is 20.1. The quantitative estimate of drug-likeness (QED) is 0.233. The lowest BCUT2D eigenvalue weighted by Crippen LogP contribution is -2.28. The first-order valence-electron chi connectivity index (χ1n) is 7.13. The van der Waals surface area contributed by atoms with E-state index < -0.39 is 21.4 Å². The standard InChI is InChI=1S/C16H12ClF3N2O4S/c1-25-10-21-22-15(11-2-6-13(17)7-3-11)12-4-8-14(9-5-12)26-27(23,24)16(18,19)20/h2-10H,1H3/b21-10+,22-15+. The highest BCUT2D eigenvalue weighted by atomic mass is 35.5. The summed E-state index contributed by atoms with van der Waals surface area (Å²) >= 11 is 5.85. The number of rotatable bonds is 6. The van der Waals surface area contributed by atoms with Crippen LogP contribution in [0.15, 0.2) is 58.7 Å². The summed E-state index contributed by atoms with van der Waals surface area (Å²) in [6, 6.07) is 11.4. The van der Waals surface area contributed by atoms with Crippen LogP contribution in [0.25, 0.3) is 0 Å². The summed E-state index contributed by atoms with van der Waals surface area (Å²) in [4.78, 5) is 0. The maximum absolute atomic E-state index is 12.4. The first kappa shape index (κ1) is 20.7. The molecule has 0 bridgehead atoms. The van der Waals surface area contributed by atoms with Crippen molar-refractivity contribution in [2.45, 2.75) is 5.51 Å². The molecule has 2 rings (SSSR count). The van der Waals surface area contributed by atoms with Crippen molar-refractivity contribution in [3.63, 3.8) is 0 Å². The van der Waals surface area contributed by atoms with Crippen molar-refractivity contribution in [3.05, 3.63) is 64.7 Å². The Morgan fingerprint density at radius 2 is 1.56 bits per heavy atom. The second kappa shape index (κ2) is 8.40. The van der Waals surface area contributed by atoms with Gasteiger partial charge in [-0.1, -0.05) is 23.7 Å². The van der Waals surface area contributed by atoms with E-state index in [2.05, 4.69) is 19.1 Å². The van der Waals surface area contributed by atoms with E-state index in [-0.39, 0.29) is 0 Å². The number of hydrogen-bond acceptors (Lipinski definition) is 6. The number of ether oxygens (including phenoxy) is 1. The highest BCUT2D eigenvalue weighted by Crippen LogP contribution is 2.27. The van der Waals surface area contributed by atoms with E-state index >= 15 is 0 Å². The lowest BCUT2D eigenvalue weighted by molar-refractivity contribution is -0.0500. The van der Waals surface area contributed by atoms with Gasteiger partial charge in [-0.15, -0.1) is 10.2 Å². The molecule has 0 radical (unpaired) electrons. The highest BCUT2D eigenvalue weighted by molar-refractivity contribution is 7.88. The smallest absolute Gasteiger partial charge is 0.485 e. The Morgan fingerprint density at radius 3 is 2.04 bits per heavy atom. The van der Waals surface area contributed by atoms with Crippen molar-refractivity contribution >= 4 is 33.8 Å². The van der Waals surface area contributed by atoms with Crippen LogP contribution in [0.3, 0.4) is 0 Å². The fraction of sp³-hybridized carbons (Fsp3) is 0.125. The van der Waals surface area contributed by atoms with Gasteiger partial charge in [0.2, 0.25) is 0 Å². The van der Waals surface area contributed by atoms with Gasteiger partial charge in [0.1, 0.15) is 11.5 Å². The molecule has 2 aromatic rings. The molecular weight excluding hydrogens is 409 g/mol. The van der Waals surface area contributed by atoms with Crippen LogP contribution in [-0.4, -0.2) is 33.1 Å². The molecule has 0 aliphatic carbocycles. The van der Waals surface area contributed by atoms with Crippen LogP contribution < -0.4 is 4.18 Å². The summed E-state index contributed by atoms with van der Waals surface area (Å²) < 4.78 is 68.0. The molecule has 0 heterocycles. The zero-order valence-electron chi connectivity index (χ0n) is 13.6. The van der Waals surface area contributed by atoms with Crippen LogP contribution in [-0.2, 0) is 14.9 Å². The van der Waals surface area contributed by atoms with E-state index in [9.17, 15) is 21.6 Å². The molecule has 2 aromatic carbocycles. The van der Waals surface area contributed by atoms with Gasteiger partial charge in [0.05, 0.1) is 7.11 Å². The molecule has 0 saturated carbocycles. The number of halogens is 4. The second-order valence-electron chi connectivity index (χ2n) is 4.92. The van der Waals surface area contributed by atoms with Crippen LogP contribution in [0.5, 0.6) is 5.75 Å². The predicted octanol–water partition coefficient (Wildman–Crippen LogP) is 4.00. The summed E-state index contributed by atoms with van der Waals surface area (Å²) in [5, 5.41) is 8.22. The summed E-state index contributed by atoms with van der Waals surface area (Å²) in [7, 11) is -4.36. The van der Waals surface area contributed by atoms with Gasteiger partial charge in [-0.25, -0.2) is 0 Å². The van der Waals surface area contributed by atoms with Crippen molar-refractivity contribution in [1.29, 1.82) is 0 Å². The van der Waals surface area contributed by atoms with Gasteiger partial charge in [-0.2, -0.15) is 21.6 Å². The highest BCUT2D eigenvalue weighted by Gasteiger charge is 2.48. The number of methoxy groups -OCH3 is 1. The minimum absolute atomic E-state index is 0.352. The summed E-state index contributed by atoms with van der Waals surface area (Å²) in [6.45, 7) is 0. The molecule has 0 aliphatic rings. The average Bonchev–Trinajstić information content (AvgIpc) is 2.59. The fourth-order valence-electron chi connectivity index (χ4n) is 1.86. The molecular formula is C16H12ClF3N2O4S. The van der Waals surface area contributed by atoms with Gasteiger partial charge in [0.15, 0.2) is 6.40 Å². The number of benzene rings is 2. The Labute approximate surface area is 158 Å². The topological polar surface area (TPSA) is 77.3 Å². The average molecular weight is 421 g/mol. The Kier molecular flexibility index (Phi) is 6.45. The first-order chi connectivity index (χ1) is 12.6. The largest absolute Gasteiger partial charge is 0.534 e. The van der Waals surface area contributed by atoms with Gasteiger partial charge in [0, 0.05) is 16.1 Å². The van der Waals surface area contributed by atoms with Gasteiger partial charge in [-0.3, -0.25) is 0 Å². The third-order valence-electron chi connectivity index (χ3n) is 3.05. The van der Waals surface area contributed by atoms with Crippen molar-refractivity contribution < 1.29 is 30.5 Å². The molecule has 0 spiro atoms. The molecule has 144 valence electrons. The molecule has 11 heteroatoms. The minimum Gasteiger partial charge on any atom is -0.485 e. The fourth-order valence-corrected chi connectivity index (χ4v) is 2.45. The zero-order valence-corrected chi connectivity index (χ0v) is 15.2. The van der Waals surface area contributed by atoms with E-state index in [0.29, 0.717) is 21.9 Å². The van der Waals surface area contributed by atoms with Gasteiger partial charge in [0.25, 0.3) is 0 Å².